The molecule has 11 heteroatoms. The smallest absolute Gasteiger partial charge is 0.237 e. The highest BCUT2D eigenvalue weighted by Crippen LogP contribution is 2.31. The van der Waals surface area contributed by atoms with Crippen molar-refractivity contribution in [2.45, 2.75) is 56.3 Å². The molecule has 2 aliphatic rings. The first-order valence-electron chi connectivity index (χ1n) is 10.8. The van der Waals surface area contributed by atoms with Crippen LogP contribution in [0.3, 0.4) is 0 Å². The third-order valence-corrected chi connectivity index (χ3v) is 7.81. The van der Waals surface area contributed by atoms with Crippen LogP contribution in [-0.2, 0) is 21.2 Å². The van der Waals surface area contributed by atoms with E-state index in [2.05, 4.69) is 30.0 Å². The lowest BCUT2D eigenvalue weighted by Crippen LogP contribution is -2.35. The number of pyridine rings is 1. The molecule has 2 N–H and O–H groups in total. The van der Waals surface area contributed by atoms with Crippen LogP contribution in [0.25, 0.3) is 11.3 Å². The summed E-state index contributed by atoms with van der Waals surface area (Å²) in [4.78, 5) is 30.5. The molecular weight excluding hydrogens is 460 g/mol. The van der Waals surface area contributed by atoms with Gasteiger partial charge >= 0.3 is 0 Å². The van der Waals surface area contributed by atoms with Gasteiger partial charge in [-0.1, -0.05) is 0 Å². The SMILES string of the molecule is CC(C)(C(=O)Nc1ccc(-c2cncc(OC3CC3)n2)cn1)c1csc(NS(=O)C2CC2)n1. The number of nitrogens with zero attached hydrogens (tertiary/aromatic N) is 4. The number of nitrogens with one attached hydrogen (secondary N) is 2. The van der Waals surface area contributed by atoms with E-state index in [0.717, 1.165) is 31.2 Å². The summed E-state index contributed by atoms with van der Waals surface area (Å²) >= 11 is 1.35. The Morgan fingerprint density at radius 1 is 1.15 bits per heavy atom. The normalized spacial score (nSPS) is 16.8. The summed E-state index contributed by atoms with van der Waals surface area (Å²) in [5.74, 6) is 0.702. The Labute approximate surface area is 198 Å². The Hall–Kier alpha value is -2.92. The first-order valence-corrected chi connectivity index (χ1v) is 12.9. The molecule has 33 heavy (non-hydrogen) atoms. The van der Waals surface area contributed by atoms with Gasteiger partial charge in [0, 0.05) is 17.1 Å². The highest BCUT2D eigenvalue weighted by Gasteiger charge is 2.34. The minimum absolute atomic E-state index is 0.210. The van der Waals surface area contributed by atoms with E-state index in [0.29, 0.717) is 28.2 Å². The molecule has 1 unspecified atom stereocenters. The average molecular weight is 485 g/mol. The van der Waals surface area contributed by atoms with Gasteiger partial charge in [0.2, 0.25) is 11.8 Å². The predicted molar refractivity (Wildman–Crippen MR) is 127 cm³/mol. The molecule has 0 aromatic carbocycles. The van der Waals surface area contributed by atoms with Crippen LogP contribution in [0.4, 0.5) is 10.9 Å². The van der Waals surface area contributed by atoms with Gasteiger partial charge in [-0.3, -0.25) is 14.5 Å². The Bertz CT molecular complexity index is 1190. The van der Waals surface area contributed by atoms with E-state index in [-0.39, 0.29) is 17.3 Å². The van der Waals surface area contributed by atoms with Crippen molar-refractivity contribution >= 4 is 39.2 Å². The fourth-order valence-electron chi connectivity index (χ4n) is 2.97. The number of carbonyl (C=O) groups excluding carboxylic acids is 1. The lowest BCUT2D eigenvalue weighted by molar-refractivity contribution is -0.120. The van der Waals surface area contributed by atoms with E-state index in [1.807, 2.05) is 11.4 Å². The zero-order chi connectivity index (χ0) is 23.0. The van der Waals surface area contributed by atoms with Crippen molar-refractivity contribution in [3.63, 3.8) is 0 Å². The van der Waals surface area contributed by atoms with Gasteiger partial charge in [0.15, 0.2) is 5.13 Å². The van der Waals surface area contributed by atoms with Crippen molar-refractivity contribution in [1.29, 1.82) is 0 Å². The van der Waals surface area contributed by atoms with Crippen LogP contribution >= 0.6 is 11.3 Å². The van der Waals surface area contributed by atoms with Gasteiger partial charge in [0.05, 0.1) is 34.4 Å². The standard InChI is InChI=1S/C22H24N6O3S2/c1-22(2,17-12-32-21(26-17)28-33(30)15-6-7-15)20(29)27-18-8-3-13(9-24-18)16-10-23-11-19(25-16)31-14-4-5-14/h3,8-12,14-15H,4-7H2,1-2H3,(H,26,28)(H,24,27,29). The number of hydrogen-bond acceptors (Lipinski definition) is 8. The third-order valence-electron chi connectivity index (χ3n) is 5.45. The van der Waals surface area contributed by atoms with Gasteiger partial charge in [-0.25, -0.2) is 19.2 Å². The van der Waals surface area contributed by atoms with Crippen LogP contribution in [0.5, 0.6) is 5.88 Å². The van der Waals surface area contributed by atoms with Crippen LogP contribution in [0.2, 0.25) is 0 Å². The zero-order valence-electron chi connectivity index (χ0n) is 18.3. The summed E-state index contributed by atoms with van der Waals surface area (Å²) in [6.07, 6.45) is 9.21. The minimum Gasteiger partial charge on any atom is -0.473 e. The van der Waals surface area contributed by atoms with Gasteiger partial charge < -0.3 is 10.1 Å². The highest BCUT2D eigenvalue weighted by molar-refractivity contribution is 7.87. The molecule has 2 saturated carbocycles. The topological polar surface area (TPSA) is 119 Å². The molecule has 0 bridgehead atoms. The number of amides is 1. The Morgan fingerprint density at radius 3 is 2.67 bits per heavy atom. The fraction of sp³-hybridized carbons (Fsp3) is 0.409. The summed E-state index contributed by atoms with van der Waals surface area (Å²) in [7, 11) is -1.12. The van der Waals surface area contributed by atoms with E-state index >= 15 is 0 Å². The third kappa shape index (κ3) is 5.19. The molecule has 5 rings (SSSR count). The van der Waals surface area contributed by atoms with Crippen molar-refractivity contribution in [1.82, 2.24) is 19.9 Å². The average Bonchev–Trinajstić information content (AvgIpc) is 3.74. The molecule has 3 aromatic rings. The van der Waals surface area contributed by atoms with Crippen LogP contribution < -0.4 is 14.8 Å². The second kappa shape index (κ2) is 8.79. The number of ether oxygens (including phenoxy) is 1. The molecule has 0 saturated heterocycles. The quantitative estimate of drug-likeness (QED) is 0.475. The molecule has 172 valence electrons. The Balaban J connectivity index is 1.23. The van der Waals surface area contributed by atoms with Crippen molar-refractivity contribution < 1.29 is 13.7 Å². The van der Waals surface area contributed by atoms with E-state index < -0.39 is 16.4 Å². The van der Waals surface area contributed by atoms with E-state index in [4.69, 9.17) is 4.74 Å². The summed E-state index contributed by atoms with van der Waals surface area (Å²) in [5.41, 5.74) is 1.15. The molecule has 0 spiro atoms. The number of carbonyl (C=O) groups is 1. The highest BCUT2D eigenvalue weighted by atomic mass is 32.2. The molecular formula is C22H24N6O3S2. The molecule has 0 aliphatic heterocycles. The Kier molecular flexibility index (Phi) is 5.83. The molecule has 3 aromatic heterocycles. The molecule has 1 amide bonds. The largest absolute Gasteiger partial charge is 0.473 e. The summed E-state index contributed by atoms with van der Waals surface area (Å²) in [6.45, 7) is 3.60. The van der Waals surface area contributed by atoms with E-state index in [1.165, 1.54) is 11.3 Å². The van der Waals surface area contributed by atoms with Crippen molar-refractivity contribution in [3.8, 4) is 17.1 Å². The van der Waals surface area contributed by atoms with E-state index in [1.54, 1.807) is 38.5 Å². The maximum Gasteiger partial charge on any atom is 0.237 e. The predicted octanol–water partition coefficient (Wildman–Crippen LogP) is 3.69. The maximum absolute atomic E-state index is 13.0. The first-order chi connectivity index (χ1) is 15.9. The summed E-state index contributed by atoms with van der Waals surface area (Å²) in [6, 6.07) is 3.56. The number of rotatable bonds is 9. The second-order valence-electron chi connectivity index (χ2n) is 8.71. The van der Waals surface area contributed by atoms with Gasteiger partial charge in [-0.05, 0) is 51.7 Å². The Morgan fingerprint density at radius 2 is 1.97 bits per heavy atom. The maximum atomic E-state index is 13.0. The van der Waals surface area contributed by atoms with Crippen LogP contribution in [0, 0.1) is 0 Å². The van der Waals surface area contributed by atoms with Crippen LogP contribution in [-0.4, -0.2) is 41.4 Å². The molecule has 2 aliphatic carbocycles. The molecule has 3 heterocycles. The number of aromatic nitrogens is 4. The lowest BCUT2D eigenvalue weighted by Gasteiger charge is -2.21. The minimum atomic E-state index is -1.12. The monoisotopic (exact) mass is 484 g/mol. The van der Waals surface area contributed by atoms with Gasteiger partial charge in [0.1, 0.15) is 22.9 Å². The van der Waals surface area contributed by atoms with E-state index in [9.17, 15) is 9.00 Å². The molecule has 9 nitrogen and oxygen atoms in total. The van der Waals surface area contributed by atoms with Crippen molar-refractivity contribution in [2.24, 2.45) is 0 Å². The molecule has 1 atom stereocenters. The molecule has 0 radical (unpaired) electrons. The lowest BCUT2D eigenvalue weighted by atomic mass is 9.89. The number of hydrogen-bond donors (Lipinski definition) is 2. The summed E-state index contributed by atoms with van der Waals surface area (Å²) in [5, 5.41) is 5.45. The number of anilines is 2. The first kappa shape index (κ1) is 21.9. The van der Waals surface area contributed by atoms with Crippen molar-refractivity contribution in [3.05, 3.63) is 41.8 Å². The van der Waals surface area contributed by atoms with Crippen molar-refractivity contribution in [2.75, 3.05) is 10.0 Å². The van der Waals surface area contributed by atoms with Gasteiger partial charge in [-0.15, -0.1) is 11.3 Å². The van der Waals surface area contributed by atoms with Gasteiger partial charge in [-0.2, -0.15) is 0 Å². The fourth-order valence-corrected chi connectivity index (χ4v) is 5.08. The summed E-state index contributed by atoms with van der Waals surface area (Å²) < 4.78 is 20.7. The van der Waals surface area contributed by atoms with Gasteiger partial charge in [0.25, 0.3) is 0 Å². The second-order valence-corrected chi connectivity index (χ2v) is 11.0. The molecule has 2 fully saturated rings. The zero-order valence-corrected chi connectivity index (χ0v) is 19.9. The van der Waals surface area contributed by atoms with Crippen LogP contribution in [0.1, 0.15) is 45.2 Å². The van der Waals surface area contributed by atoms with Crippen LogP contribution in [0.15, 0.2) is 36.1 Å². The number of thiazole rings is 1.